The van der Waals surface area contributed by atoms with Crippen LogP contribution in [0.3, 0.4) is 0 Å². The fraction of sp³-hybridized carbons (Fsp3) is 0.350. The first-order valence-electron chi connectivity index (χ1n) is 8.27. The summed E-state index contributed by atoms with van der Waals surface area (Å²) < 4.78 is 24.3. The zero-order chi connectivity index (χ0) is 18.0. The van der Waals surface area contributed by atoms with E-state index in [9.17, 15) is 9.18 Å². The molecule has 3 rings (SSSR count). The molecule has 1 atom stereocenters. The van der Waals surface area contributed by atoms with Crippen molar-refractivity contribution in [2.75, 3.05) is 7.11 Å². The summed E-state index contributed by atoms with van der Waals surface area (Å²) in [7, 11) is 1.61. The van der Waals surface area contributed by atoms with Gasteiger partial charge in [0, 0.05) is 18.1 Å². The van der Waals surface area contributed by atoms with Gasteiger partial charge in [0.15, 0.2) is 0 Å². The van der Waals surface area contributed by atoms with Crippen molar-refractivity contribution in [1.82, 2.24) is 5.32 Å². The van der Waals surface area contributed by atoms with Gasteiger partial charge in [-0.05, 0) is 43.7 Å². The van der Waals surface area contributed by atoms with E-state index in [0.717, 1.165) is 16.9 Å². The summed E-state index contributed by atoms with van der Waals surface area (Å²) in [6.45, 7) is 3.99. The van der Waals surface area contributed by atoms with Gasteiger partial charge in [-0.1, -0.05) is 12.1 Å². The molecule has 4 nitrogen and oxygen atoms in total. The molecule has 1 aliphatic rings. The van der Waals surface area contributed by atoms with E-state index in [0.29, 0.717) is 12.2 Å². The average Bonchev–Trinajstić information content (AvgIpc) is 2.55. The lowest BCUT2D eigenvalue weighted by atomic mass is 9.89. The molecule has 0 bridgehead atoms. The van der Waals surface area contributed by atoms with E-state index in [1.165, 1.54) is 12.1 Å². The Morgan fingerprint density at radius 1 is 1.28 bits per heavy atom. The summed E-state index contributed by atoms with van der Waals surface area (Å²) in [5.74, 6) is 1.03. The number of halogens is 1. The van der Waals surface area contributed by atoms with Crippen molar-refractivity contribution in [3.05, 3.63) is 59.4 Å². The largest absolute Gasteiger partial charge is 0.497 e. The van der Waals surface area contributed by atoms with Gasteiger partial charge in [0.1, 0.15) is 22.9 Å². The van der Waals surface area contributed by atoms with Gasteiger partial charge in [0.25, 0.3) is 0 Å². The molecule has 0 saturated carbocycles. The molecule has 5 heteroatoms. The molecule has 2 aromatic rings. The minimum Gasteiger partial charge on any atom is -0.497 e. The molecule has 0 spiro atoms. The molecule has 1 N–H and O–H groups in total. The number of benzene rings is 2. The number of methoxy groups -OCH3 is 1. The number of amides is 1. The molecule has 132 valence electrons. The summed E-state index contributed by atoms with van der Waals surface area (Å²) in [6.07, 6.45) is 0.880. The predicted octanol–water partition coefficient (Wildman–Crippen LogP) is 3.80. The highest BCUT2D eigenvalue weighted by atomic mass is 19.1. The Bertz CT molecular complexity index is 771. The zero-order valence-corrected chi connectivity index (χ0v) is 14.6. The van der Waals surface area contributed by atoms with Gasteiger partial charge in [0.2, 0.25) is 5.91 Å². The molecule has 1 aliphatic heterocycles. The third-order valence-electron chi connectivity index (χ3n) is 4.29. The van der Waals surface area contributed by atoms with Gasteiger partial charge in [-0.15, -0.1) is 0 Å². The summed E-state index contributed by atoms with van der Waals surface area (Å²) in [5.41, 5.74) is 1.32. The van der Waals surface area contributed by atoms with E-state index >= 15 is 0 Å². The molecule has 1 amide bonds. The maximum atomic E-state index is 13.0. The lowest BCUT2D eigenvalue weighted by Gasteiger charge is -2.38. The van der Waals surface area contributed by atoms with Crippen LogP contribution >= 0.6 is 0 Å². The van der Waals surface area contributed by atoms with E-state index in [4.69, 9.17) is 9.47 Å². The van der Waals surface area contributed by atoms with Crippen molar-refractivity contribution in [3.8, 4) is 11.5 Å². The van der Waals surface area contributed by atoms with Crippen LogP contribution in [0.1, 0.15) is 37.4 Å². The van der Waals surface area contributed by atoms with Gasteiger partial charge in [0.05, 0.1) is 19.6 Å². The van der Waals surface area contributed by atoms with Crippen molar-refractivity contribution >= 4 is 5.91 Å². The molecule has 0 aliphatic carbocycles. The minimum atomic E-state index is -0.396. The first kappa shape index (κ1) is 17.3. The standard InChI is InChI=1S/C20H22FNO3/c1-20(2)12-17(16-9-8-15(24-3)11-18(16)25-20)22-19(23)10-13-4-6-14(21)7-5-13/h4-9,11,17H,10,12H2,1-3H3,(H,22,23)/t17-/m0/s1. The van der Waals surface area contributed by atoms with Crippen molar-refractivity contribution in [2.24, 2.45) is 0 Å². The molecule has 0 aromatic heterocycles. The van der Waals surface area contributed by atoms with Crippen molar-refractivity contribution in [3.63, 3.8) is 0 Å². The van der Waals surface area contributed by atoms with E-state index < -0.39 is 5.60 Å². The van der Waals surface area contributed by atoms with Crippen molar-refractivity contribution < 1.29 is 18.7 Å². The molecule has 2 aromatic carbocycles. The predicted molar refractivity (Wildman–Crippen MR) is 93.3 cm³/mol. The maximum absolute atomic E-state index is 13.0. The molecule has 1 heterocycles. The number of nitrogens with one attached hydrogen (secondary N) is 1. The molecule has 0 unspecified atom stereocenters. The number of carbonyl (C=O) groups excluding carboxylic acids is 1. The summed E-state index contributed by atoms with van der Waals surface area (Å²) in [4.78, 5) is 12.4. The van der Waals surface area contributed by atoms with Crippen LogP contribution in [0.15, 0.2) is 42.5 Å². The van der Waals surface area contributed by atoms with Gasteiger partial charge < -0.3 is 14.8 Å². The summed E-state index contributed by atoms with van der Waals surface area (Å²) in [6, 6.07) is 11.5. The summed E-state index contributed by atoms with van der Waals surface area (Å²) >= 11 is 0. The Hall–Kier alpha value is -2.56. The number of rotatable bonds is 4. The van der Waals surface area contributed by atoms with Crippen LogP contribution in [-0.2, 0) is 11.2 Å². The number of fused-ring (bicyclic) bond motifs is 1. The Morgan fingerprint density at radius 2 is 2.00 bits per heavy atom. The van der Waals surface area contributed by atoms with Crippen LogP contribution in [0.5, 0.6) is 11.5 Å². The van der Waals surface area contributed by atoms with Crippen LogP contribution in [0.25, 0.3) is 0 Å². The molecule has 0 saturated heterocycles. The fourth-order valence-corrected chi connectivity index (χ4v) is 3.12. The highest BCUT2D eigenvalue weighted by Gasteiger charge is 2.34. The third-order valence-corrected chi connectivity index (χ3v) is 4.29. The lowest BCUT2D eigenvalue weighted by Crippen LogP contribution is -2.41. The molecule has 0 radical (unpaired) electrons. The van der Waals surface area contributed by atoms with Crippen molar-refractivity contribution in [1.29, 1.82) is 0 Å². The minimum absolute atomic E-state index is 0.101. The number of ether oxygens (including phenoxy) is 2. The second kappa shape index (κ2) is 6.75. The van der Waals surface area contributed by atoms with Crippen LogP contribution in [-0.4, -0.2) is 18.6 Å². The lowest BCUT2D eigenvalue weighted by molar-refractivity contribution is -0.121. The van der Waals surface area contributed by atoms with Gasteiger partial charge in [-0.2, -0.15) is 0 Å². The first-order valence-corrected chi connectivity index (χ1v) is 8.27. The van der Waals surface area contributed by atoms with Crippen LogP contribution in [0.4, 0.5) is 4.39 Å². The average molecular weight is 343 g/mol. The monoisotopic (exact) mass is 343 g/mol. The number of hydrogen-bond acceptors (Lipinski definition) is 3. The van der Waals surface area contributed by atoms with Crippen LogP contribution in [0.2, 0.25) is 0 Å². The van der Waals surface area contributed by atoms with Crippen LogP contribution in [0, 0.1) is 5.82 Å². The maximum Gasteiger partial charge on any atom is 0.224 e. The second-order valence-corrected chi connectivity index (χ2v) is 6.89. The van der Waals surface area contributed by atoms with E-state index in [1.807, 2.05) is 32.0 Å². The highest BCUT2D eigenvalue weighted by Crippen LogP contribution is 2.41. The Morgan fingerprint density at radius 3 is 2.68 bits per heavy atom. The quantitative estimate of drug-likeness (QED) is 0.919. The second-order valence-electron chi connectivity index (χ2n) is 6.89. The third kappa shape index (κ3) is 4.10. The number of carbonyl (C=O) groups is 1. The van der Waals surface area contributed by atoms with Crippen molar-refractivity contribution in [2.45, 2.75) is 38.3 Å². The Labute approximate surface area is 147 Å². The van der Waals surface area contributed by atoms with Gasteiger partial charge >= 0.3 is 0 Å². The SMILES string of the molecule is COc1ccc2c(c1)OC(C)(C)C[C@@H]2NC(=O)Cc1ccc(F)cc1. The molecule has 25 heavy (non-hydrogen) atoms. The normalized spacial score (nSPS) is 18.0. The molecule has 0 fully saturated rings. The summed E-state index contributed by atoms with van der Waals surface area (Å²) in [5, 5.41) is 3.08. The topological polar surface area (TPSA) is 47.6 Å². The van der Waals surface area contributed by atoms with Gasteiger partial charge in [-0.25, -0.2) is 4.39 Å². The number of hydrogen-bond donors (Lipinski definition) is 1. The smallest absolute Gasteiger partial charge is 0.224 e. The first-order chi connectivity index (χ1) is 11.9. The van der Waals surface area contributed by atoms with E-state index in [1.54, 1.807) is 19.2 Å². The fourth-order valence-electron chi connectivity index (χ4n) is 3.12. The zero-order valence-electron chi connectivity index (χ0n) is 14.6. The highest BCUT2D eigenvalue weighted by molar-refractivity contribution is 5.79. The Kier molecular flexibility index (Phi) is 4.66. The molecular formula is C20H22FNO3. The van der Waals surface area contributed by atoms with E-state index in [2.05, 4.69) is 5.32 Å². The van der Waals surface area contributed by atoms with Gasteiger partial charge in [-0.3, -0.25) is 4.79 Å². The van der Waals surface area contributed by atoms with E-state index in [-0.39, 0.29) is 24.2 Å². The Balaban J connectivity index is 1.77. The van der Waals surface area contributed by atoms with Crippen LogP contribution < -0.4 is 14.8 Å². The molecular weight excluding hydrogens is 321 g/mol.